The smallest absolute Gasteiger partial charge is 0.342 e. The second kappa shape index (κ2) is 5.59. The summed E-state index contributed by atoms with van der Waals surface area (Å²) in [7, 11) is 0. The molecule has 0 aliphatic heterocycles. The molecule has 0 aliphatic rings. The molecule has 0 bridgehead atoms. The molecule has 0 amide bonds. The maximum absolute atomic E-state index is 12.0. The molecule has 3 nitrogen and oxygen atoms in total. The fraction of sp³-hybridized carbons (Fsp3) is 0.273. The maximum Gasteiger partial charge on any atom is 0.342 e. The van der Waals surface area contributed by atoms with E-state index in [0.29, 0.717) is 5.56 Å². The van der Waals surface area contributed by atoms with E-state index in [1.165, 1.54) is 0 Å². The summed E-state index contributed by atoms with van der Waals surface area (Å²) in [4.78, 5) is 23.5. The summed E-state index contributed by atoms with van der Waals surface area (Å²) in [6, 6.07) is 8.53. The first kappa shape index (κ1) is 13.4. The second-order valence-electron chi connectivity index (χ2n) is 2.99. The number of ether oxygens (including phenoxy) is 1. The average molecular weight is 350 g/mol. The van der Waals surface area contributed by atoms with Crippen LogP contribution in [0.5, 0.6) is 0 Å². The Morgan fingerprint density at radius 3 is 2.31 bits per heavy atom. The third-order valence-electron chi connectivity index (χ3n) is 1.85. The molecule has 0 N–H and O–H groups in total. The standard InChI is InChI=1S/C11H10Br2O3/c1-2-16-10(15)11(12,13)9(14)8-6-4-3-5-7-8/h3-7H,2H2,1H3. The molecule has 0 spiro atoms. The van der Waals surface area contributed by atoms with Gasteiger partial charge in [-0.05, 0) is 6.92 Å². The lowest BCUT2D eigenvalue weighted by atomic mass is 10.1. The van der Waals surface area contributed by atoms with Crippen LogP contribution in [-0.4, -0.2) is 21.6 Å². The third-order valence-corrected chi connectivity index (χ3v) is 3.22. The molecule has 0 heterocycles. The summed E-state index contributed by atoms with van der Waals surface area (Å²) in [6.07, 6.45) is 0. The first-order valence-electron chi connectivity index (χ1n) is 4.65. The van der Waals surface area contributed by atoms with Crippen molar-refractivity contribution in [2.45, 2.75) is 10.2 Å². The van der Waals surface area contributed by atoms with E-state index in [1.807, 2.05) is 0 Å². The summed E-state index contributed by atoms with van der Waals surface area (Å²) < 4.78 is 3.29. The van der Waals surface area contributed by atoms with Gasteiger partial charge in [0.2, 0.25) is 9.02 Å². The molecule has 1 rings (SSSR count). The van der Waals surface area contributed by atoms with E-state index >= 15 is 0 Å². The number of alkyl halides is 2. The van der Waals surface area contributed by atoms with Crippen LogP contribution in [0.1, 0.15) is 17.3 Å². The van der Waals surface area contributed by atoms with Gasteiger partial charge in [0, 0.05) is 5.56 Å². The van der Waals surface area contributed by atoms with Crippen molar-refractivity contribution in [2.24, 2.45) is 0 Å². The molecule has 0 aliphatic carbocycles. The number of carbonyl (C=O) groups is 2. The number of ketones is 1. The molecule has 86 valence electrons. The zero-order valence-electron chi connectivity index (χ0n) is 8.57. The van der Waals surface area contributed by atoms with Crippen molar-refractivity contribution >= 4 is 43.6 Å². The number of hydrogen-bond donors (Lipinski definition) is 0. The zero-order valence-corrected chi connectivity index (χ0v) is 11.7. The van der Waals surface area contributed by atoms with Crippen LogP contribution in [0.15, 0.2) is 30.3 Å². The van der Waals surface area contributed by atoms with Gasteiger partial charge >= 0.3 is 5.97 Å². The van der Waals surface area contributed by atoms with Crippen LogP contribution in [0.25, 0.3) is 0 Å². The van der Waals surface area contributed by atoms with Gasteiger partial charge in [-0.25, -0.2) is 4.79 Å². The Bertz CT molecular complexity index is 387. The molecule has 0 aromatic heterocycles. The van der Waals surface area contributed by atoms with Gasteiger partial charge in [-0.1, -0.05) is 62.2 Å². The van der Waals surface area contributed by atoms with Crippen molar-refractivity contribution in [1.29, 1.82) is 0 Å². The Morgan fingerprint density at radius 2 is 1.81 bits per heavy atom. The number of rotatable bonds is 4. The molecule has 5 heteroatoms. The first-order chi connectivity index (χ1) is 7.50. The molecular formula is C11H10Br2O3. The Hall–Kier alpha value is -0.680. The van der Waals surface area contributed by atoms with Gasteiger partial charge in [-0.15, -0.1) is 0 Å². The molecule has 16 heavy (non-hydrogen) atoms. The van der Waals surface area contributed by atoms with Crippen LogP contribution in [0, 0.1) is 0 Å². The van der Waals surface area contributed by atoms with Crippen molar-refractivity contribution in [1.82, 2.24) is 0 Å². The minimum atomic E-state index is -1.50. The lowest BCUT2D eigenvalue weighted by molar-refractivity contribution is -0.141. The summed E-state index contributed by atoms with van der Waals surface area (Å²) in [5.41, 5.74) is 0.435. The minimum absolute atomic E-state index is 0.222. The van der Waals surface area contributed by atoms with E-state index in [1.54, 1.807) is 37.3 Å². The minimum Gasteiger partial charge on any atom is -0.464 e. The van der Waals surface area contributed by atoms with Crippen LogP contribution in [0.3, 0.4) is 0 Å². The fourth-order valence-electron chi connectivity index (χ4n) is 1.09. The highest BCUT2D eigenvalue weighted by Gasteiger charge is 2.42. The van der Waals surface area contributed by atoms with Gasteiger partial charge in [0.1, 0.15) is 0 Å². The van der Waals surface area contributed by atoms with Crippen molar-refractivity contribution in [3.63, 3.8) is 0 Å². The molecule has 0 saturated heterocycles. The number of halogens is 2. The van der Waals surface area contributed by atoms with Gasteiger partial charge in [0.25, 0.3) is 0 Å². The SMILES string of the molecule is CCOC(=O)C(Br)(Br)C(=O)c1ccccc1. The quantitative estimate of drug-likeness (QED) is 0.363. The molecule has 0 unspecified atom stereocenters. The van der Waals surface area contributed by atoms with Crippen LogP contribution >= 0.6 is 31.9 Å². The predicted octanol–water partition coefficient (Wildman–Crippen LogP) is 2.92. The lowest BCUT2D eigenvalue weighted by Crippen LogP contribution is -2.36. The van der Waals surface area contributed by atoms with Crippen molar-refractivity contribution in [3.8, 4) is 0 Å². The Labute approximate surface area is 110 Å². The summed E-state index contributed by atoms with van der Waals surface area (Å²) >= 11 is 6.09. The van der Waals surface area contributed by atoms with Crippen molar-refractivity contribution in [2.75, 3.05) is 6.61 Å². The van der Waals surface area contributed by atoms with E-state index in [2.05, 4.69) is 31.9 Å². The van der Waals surface area contributed by atoms with Crippen LogP contribution < -0.4 is 0 Å². The topological polar surface area (TPSA) is 43.4 Å². The number of carbonyl (C=O) groups excluding carboxylic acids is 2. The molecule has 0 fully saturated rings. The normalized spacial score (nSPS) is 10.9. The summed E-state index contributed by atoms with van der Waals surface area (Å²) in [6.45, 7) is 1.90. The van der Waals surface area contributed by atoms with Gasteiger partial charge < -0.3 is 4.74 Å². The Kier molecular flexibility index (Phi) is 4.68. The maximum atomic E-state index is 12.0. The van der Waals surface area contributed by atoms with Gasteiger partial charge in [-0.3, -0.25) is 4.79 Å². The van der Waals surface area contributed by atoms with Gasteiger partial charge in [0.05, 0.1) is 6.61 Å². The predicted molar refractivity (Wildman–Crippen MR) is 68.0 cm³/mol. The summed E-state index contributed by atoms with van der Waals surface area (Å²) in [5, 5.41) is 0. The van der Waals surface area contributed by atoms with Crippen LogP contribution in [0.2, 0.25) is 0 Å². The van der Waals surface area contributed by atoms with E-state index in [4.69, 9.17) is 4.74 Å². The lowest BCUT2D eigenvalue weighted by Gasteiger charge is -2.16. The van der Waals surface area contributed by atoms with Crippen molar-refractivity contribution in [3.05, 3.63) is 35.9 Å². The van der Waals surface area contributed by atoms with E-state index in [9.17, 15) is 9.59 Å². The third kappa shape index (κ3) is 2.92. The molecule has 0 atom stereocenters. The summed E-state index contributed by atoms with van der Waals surface area (Å²) in [5.74, 6) is -1.03. The van der Waals surface area contributed by atoms with E-state index < -0.39 is 9.20 Å². The van der Waals surface area contributed by atoms with E-state index in [0.717, 1.165) is 0 Å². The number of Topliss-reactive ketones (excluding diaryl/α,β-unsaturated/α-hetero) is 1. The van der Waals surface area contributed by atoms with Crippen molar-refractivity contribution < 1.29 is 14.3 Å². The molecule has 0 radical (unpaired) electrons. The van der Waals surface area contributed by atoms with Gasteiger partial charge in [0.15, 0.2) is 0 Å². The zero-order chi connectivity index (χ0) is 12.2. The van der Waals surface area contributed by atoms with Crippen LogP contribution in [-0.2, 0) is 9.53 Å². The molecule has 1 aromatic carbocycles. The monoisotopic (exact) mass is 348 g/mol. The Balaban J connectivity index is 2.92. The average Bonchev–Trinajstić information content (AvgIpc) is 2.29. The fourth-order valence-corrected chi connectivity index (χ4v) is 1.77. The molecule has 1 aromatic rings. The highest BCUT2D eigenvalue weighted by Crippen LogP contribution is 2.32. The largest absolute Gasteiger partial charge is 0.464 e. The highest BCUT2D eigenvalue weighted by molar-refractivity contribution is 9.26. The number of esters is 1. The highest BCUT2D eigenvalue weighted by atomic mass is 79.9. The van der Waals surface area contributed by atoms with Gasteiger partial charge in [-0.2, -0.15) is 0 Å². The number of hydrogen-bond acceptors (Lipinski definition) is 3. The molecule has 0 saturated carbocycles. The first-order valence-corrected chi connectivity index (χ1v) is 6.23. The van der Waals surface area contributed by atoms with E-state index in [-0.39, 0.29) is 12.4 Å². The Morgan fingerprint density at radius 1 is 1.25 bits per heavy atom. The van der Waals surface area contributed by atoms with Crippen LogP contribution in [0.4, 0.5) is 0 Å². The second-order valence-corrected chi connectivity index (χ2v) is 6.43. The number of benzene rings is 1. The molecular weight excluding hydrogens is 340 g/mol.